The standard InChI is InChI=1S/C16H21N3O2/c1-3-13-6-5-12(2)19(13)16(20)15-8-7-14(21-15)11-18-10-4-9-17-18/h4,7-10,12-13H,3,5-6,11H2,1-2H3/t12-,13-/m0/s1. The van der Waals surface area contributed by atoms with E-state index in [0.717, 1.165) is 25.0 Å². The van der Waals surface area contributed by atoms with Crippen molar-refractivity contribution in [2.45, 2.75) is 51.7 Å². The van der Waals surface area contributed by atoms with Gasteiger partial charge in [-0.3, -0.25) is 9.48 Å². The smallest absolute Gasteiger partial charge is 0.290 e. The highest BCUT2D eigenvalue weighted by Gasteiger charge is 2.34. The second kappa shape index (κ2) is 5.76. The lowest BCUT2D eigenvalue weighted by Crippen LogP contribution is -2.39. The number of rotatable bonds is 4. The van der Waals surface area contributed by atoms with Gasteiger partial charge in [0, 0.05) is 24.5 Å². The molecule has 0 bridgehead atoms. The van der Waals surface area contributed by atoms with Crippen LogP contribution in [0.2, 0.25) is 0 Å². The Balaban J connectivity index is 1.74. The van der Waals surface area contributed by atoms with Crippen molar-refractivity contribution in [1.29, 1.82) is 0 Å². The van der Waals surface area contributed by atoms with Crippen LogP contribution in [0, 0.1) is 0 Å². The molecule has 5 heteroatoms. The summed E-state index contributed by atoms with van der Waals surface area (Å²) in [5, 5.41) is 4.14. The third-order valence-electron chi connectivity index (χ3n) is 4.24. The number of carbonyl (C=O) groups is 1. The van der Waals surface area contributed by atoms with E-state index < -0.39 is 0 Å². The molecule has 2 aromatic rings. The van der Waals surface area contributed by atoms with Gasteiger partial charge in [-0.1, -0.05) is 6.92 Å². The van der Waals surface area contributed by atoms with E-state index in [2.05, 4.69) is 18.9 Å². The topological polar surface area (TPSA) is 51.3 Å². The van der Waals surface area contributed by atoms with Gasteiger partial charge in [-0.25, -0.2) is 0 Å². The third-order valence-corrected chi connectivity index (χ3v) is 4.24. The molecule has 21 heavy (non-hydrogen) atoms. The molecule has 112 valence electrons. The van der Waals surface area contributed by atoms with Crippen LogP contribution in [-0.2, 0) is 6.54 Å². The van der Waals surface area contributed by atoms with Crippen molar-refractivity contribution in [2.24, 2.45) is 0 Å². The van der Waals surface area contributed by atoms with Crippen LogP contribution in [0.1, 0.15) is 49.4 Å². The zero-order valence-electron chi connectivity index (χ0n) is 12.5. The van der Waals surface area contributed by atoms with Crippen LogP contribution in [0.25, 0.3) is 0 Å². The Morgan fingerprint density at radius 2 is 2.29 bits per heavy atom. The van der Waals surface area contributed by atoms with Crippen molar-refractivity contribution < 1.29 is 9.21 Å². The Morgan fingerprint density at radius 3 is 3.00 bits per heavy atom. The summed E-state index contributed by atoms with van der Waals surface area (Å²) in [5.74, 6) is 1.20. The summed E-state index contributed by atoms with van der Waals surface area (Å²) in [7, 11) is 0. The van der Waals surface area contributed by atoms with Crippen molar-refractivity contribution in [3.8, 4) is 0 Å². The highest BCUT2D eigenvalue weighted by atomic mass is 16.4. The number of furan rings is 1. The van der Waals surface area contributed by atoms with Crippen molar-refractivity contribution in [3.63, 3.8) is 0 Å². The van der Waals surface area contributed by atoms with Gasteiger partial charge in [0.15, 0.2) is 5.76 Å². The number of hydrogen-bond donors (Lipinski definition) is 0. The molecule has 0 aromatic carbocycles. The molecular weight excluding hydrogens is 266 g/mol. The number of likely N-dealkylation sites (tertiary alicyclic amines) is 1. The Bertz CT molecular complexity index is 603. The van der Waals surface area contributed by atoms with E-state index in [-0.39, 0.29) is 5.91 Å². The van der Waals surface area contributed by atoms with E-state index >= 15 is 0 Å². The minimum atomic E-state index is 0.0126. The molecule has 0 unspecified atom stereocenters. The third kappa shape index (κ3) is 2.73. The van der Waals surface area contributed by atoms with E-state index in [1.165, 1.54) is 0 Å². The van der Waals surface area contributed by atoms with Crippen molar-refractivity contribution >= 4 is 5.91 Å². The van der Waals surface area contributed by atoms with Crippen molar-refractivity contribution in [3.05, 3.63) is 42.1 Å². The molecule has 1 aliphatic heterocycles. The normalized spacial score (nSPS) is 21.9. The summed E-state index contributed by atoms with van der Waals surface area (Å²) >= 11 is 0. The SMILES string of the molecule is CC[C@H]1CC[C@H](C)N1C(=O)c1ccc(Cn2cccn2)o1. The van der Waals surface area contributed by atoms with Crippen molar-refractivity contribution in [2.75, 3.05) is 0 Å². The molecule has 1 aliphatic rings. The second-order valence-electron chi connectivity index (χ2n) is 5.67. The number of amides is 1. The van der Waals surface area contributed by atoms with Crippen LogP contribution >= 0.6 is 0 Å². The van der Waals surface area contributed by atoms with Gasteiger partial charge in [0.1, 0.15) is 5.76 Å². The van der Waals surface area contributed by atoms with E-state index in [9.17, 15) is 4.79 Å². The summed E-state index contributed by atoms with van der Waals surface area (Å²) < 4.78 is 7.50. The molecule has 1 saturated heterocycles. The van der Waals surface area contributed by atoms with E-state index in [1.54, 1.807) is 16.9 Å². The molecule has 5 nitrogen and oxygen atoms in total. The summed E-state index contributed by atoms with van der Waals surface area (Å²) in [4.78, 5) is 14.6. The number of hydrogen-bond acceptors (Lipinski definition) is 3. The predicted molar refractivity (Wildman–Crippen MR) is 79.0 cm³/mol. The number of carbonyl (C=O) groups excluding carboxylic acids is 1. The summed E-state index contributed by atoms with van der Waals surface area (Å²) in [5.41, 5.74) is 0. The molecule has 3 heterocycles. The van der Waals surface area contributed by atoms with Gasteiger partial charge < -0.3 is 9.32 Å². The Kier molecular flexibility index (Phi) is 3.82. The lowest BCUT2D eigenvalue weighted by atomic mass is 10.1. The van der Waals surface area contributed by atoms with Crippen molar-refractivity contribution in [1.82, 2.24) is 14.7 Å². The Labute approximate surface area is 124 Å². The molecule has 2 aromatic heterocycles. The highest BCUT2D eigenvalue weighted by Crippen LogP contribution is 2.28. The molecule has 1 amide bonds. The molecule has 3 rings (SSSR count). The zero-order chi connectivity index (χ0) is 14.8. The van der Waals surface area contributed by atoms with E-state index in [0.29, 0.717) is 24.4 Å². The molecule has 1 fully saturated rings. The van der Waals surface area contributed by atoms with Crippen LogP contribution in [0.5, 0.6) is 0 Å². The first-order valence-electron chi connectivity index (χ1n) is 7.58. The lowest BCUT2D eigenvalue weighted by molar-refractivity contribution is 0.0641. The Morgan fingerprint density at radius 1 is 1.43 bits per heavy atom. The second-order valence-corrected chi connectivity index (χ2v) is 5.67. The minimum absolute atomic E-state index is 0.0126. The fraction of sp³-hybridized carbons (Fsp3) is 0.500. The molecule has 0 spiro atoms. The first-order chi connectivity index (χ1) is 10.2. The fourth-order valence-electron chi connectivity index (χ4n) is 3.10. The number of nitrogens with zero attached hydrogens (tertiary/aromatic N) is 3. The molecular formula is C16H21N3O2. The van der Waals surface area contributed by atoms with E-state index in [1.807, 2.05) is 23.2 Å². The fourth-order valence-corrected chi connectivity index (χ4v) is 3.10. The maximum absolute atomic E-state index is 12.7. The predicted octanol–water partition coefficient (Wildman–Crippen LogP) is 2.93. The largest absolute Gasteiger partial charge is 0.454 e. The van der Waals surface area contributed by atoms with Crippen LogP contribution in [0.4, 0.5) is 0 Å². The van der Waals surface area contributed by atoms with Gasteiger partial charge in [-0.05, 0) is 44.4 Å². The molecule has 0 aliphatic carbocycles. The van der Waals surface area contributed by atoms with Gasteiger partial charge in [0.05, 0.1) is 6.54 Å². The highest BCUT2D eigenvalue weighted by molar-refractivity contribution is 5.92. The first kappa shape index (κ1) is 13.9. The maximum atomic E-state index is 12.7. The first-order valence-corrected chi connectivity index (χ1v) is 7.58. The Hall–Kier alpha value is -2.04. The zero-order valence-corrected chi connectivity index (χ0v) is 12.5. The average molecular weight is 287 g/mol. The van der Waals surface area contributed by atoms with E-state index in [4.69, 9.17) is 4.42 Å². The summed E-state index contributed by atoms with van der Waals surface area (Å²) in [6.45, 7) is 4.79. The molecule has 0 N–H and O–H groups in total. The van der Waals surface area contributed by atoms with Gasteiger partial charge in [0.2, 0.25) is 0 Å². The average Bonchev–Trinajstić information content (AvgIpc) is 3.19. The quantitative estimate of drug-likeness (QED) is 0.868. The van der Waals surface area contributed by atoms with Crippen LogP contribution < -0.4 is 0 Å². The van der Waals surface area contributed by atoms with Crippen LogP contribution in [-0.4, -0.2) is 32.7 Å². The maximum Gasteiger partial charge on any atom is 0.290 e. The lowest BCUT2D eigenvalue weighted by Gasteiger charge is -2.26. The molecule has 2 atom stereocenters. The van der Waals surface area contributed by atoms with Gasteiger partial charge in [-0.2, -0.15) is 5.10 Å². The monoisotopic (exact) mass is 287 g/mol. The van der Waals surface area contributed by atoms with Gasteiger partial charge in [-0.15, -0.1) is 0 Å². The van der Waals surface area contributed by atoms with Gasteiger partial charge in [0.25, 0.3) is 5.91 Å². The summed E-state index contributed by atoms with van der Waals surface area (Å²) in [6, 6.07) is 6.14. The van der Waals surface area contributed by atoms with Crippen LogP contribution in [0.3, 0.4) is 0 Å². The number of aromatic nitrogens is 2. The van der Waals surface area contributed by atoms with Gasteiger partial charge >= 0.3 is 0 Å². The van der Waals surface area contributed by atoms with Crippen LogP contribution in [0.15, 0.2) is 35.0 Å². The molecule has 0 saturated carbocycles. The summed E-state index contributed by atoms with van der Waals surface area (Å²) in [6.07, 6.45) is 6.76. The minimum Gasteiger partial charge on any atom is -0.454 e. The molecule has 0 radical (unpaired) electrons.